The van der Waals surface area contributed by atoms with Gasteiger partial charge >= 0.3 is 0 Å². The number of rotatable bonds is 0. The zero-order valence-electron chi connectivity index (χ0n) is 7.53. The Bertz CT molecular complexity index is 496. The van der Waals surface area contributed by atoms with E-state index in [1.165, 1.54) is 0 Å². The summed E-state index contributed by atoms with van der Waals surface area (Å²) in [6, 6.07) is 5.39. The van der Waals surface area contributed by atoms with Crippen LogP contribution in [-0.4, -0.2) is 8.42 Å². The zero-order chi connectivity index (χ0) is 9.64. The van der Waals surface area contributed by atoms with Crippen molar-refractivity contribution < 1.29 is 8.42 Å². The molecule has 2 rings (SSSR count). The van der Waals surface area contributed by atoms with Gasteiger partial charge in [-0.3, -0.25) is 0 Å². The third-order valence-electron chi connectivity index (χ3n) is 2.24. The third-order valence-corrected chi connectivity index (χ3v) is 4.15. The van der Waals surface area contributed by atoms with Crippen LogP contribution in [0.25, 0.3) is 6.08 Å². The number of hydrogen-bond donors (Lipinski definition) is 0. The predicted molar refractivity (Wildman–Crippen MR) is 52.0 cm³/mol. The van der Waals surface area contributed by atoms with E-state index in [0.717, 1.165) is 11.1 Å². The van der Waals surface area contributed by atoms with Crippen LogP contribution in [-0.2, 0) is 9.84 Å². The van der Waals surface area contributed by atoms with Gasteiger partial charge in [0.05, 0.1) is 4.90 Å². The van der Waals surface area contributed by atoms with Gasteiger partial charge < -0.3 is 0 Å². The van der Waals surface area contributed by atoms with E-state index in [-0.39, 0.29) is 0 Å². The van der Waals surface area contributed by atoms with Gasteiger partial charge in [0.2, 0.25) is 9.84 Å². The number of allylic oxidation sites excluding steroid dienone is 1. The van der Waals surface area contributed by atoms with Crippen LogP contribution in [0, 0.1) is 6.92 Å². The number of benzene rings is 1. The van der Waals surface area contributed by atoms with Crippen LogP contribution in [0.5, 0.6) is 0 Å². The molecule has 0 N–H and O–H groups in total. The lowest BCUT2D eigenvalue weighted by atomic mass is 10.1. The molecule has 1 heterocycles. The lowest BCUT2D eigenvalue weighted by molar-refractivity contribution is 0.603. The van der Waals surface area contributed by atoms with E-state index in [1.807, 2.05) is 19.1 Å². The fourth-order valence-electron chi connectivity index (χ4n) is 1.50. The largest absolute Gasteiger partial charge is 0.219 e. The lowest BCUT2D eigenvalue weighted by Gasteiger charge is -1.99. The molecule has 0 spiro atoms. The van der Waals surface area contributed by atoms with E-state index in [0.29, 0.717) is 9.80 Å². The minimum absolute atomic E-state index is 0.438. The molecule has 1 aromatic carbocycles. The summed E-state index contributed by atoms with van der Waals surface area (Å²) in [5, 5.41) is 0. The summed E-state index contributed by atoms with van der Waals surface area (Å²) in [5.74, 6) is 0. The van der Waals surface area contributed by atoms with Crippen molar-refractivity contribution in [3.8, 4) is 0 Å². The zero-order valence-corrected chi connectivity index (χ0v) is 8.35. The van der Waals surface area contributed by atoms with E-state index in [1.54, 1.807) is 19.1 Å². The Hall–Kier alpha value is -1.09. The van der Waals surface area contributed by atoms with E-state index < -0.39 is 9.84 Å². The molecule has 0 aliphatic carbocycles. The van der Waals surface area contributed by atoms with Crippen molar-refractivity contribution in [3.05, 3.63) is 34.2 Å². The van der Waals surface area contributed by atoms with Crippen LogP contribution in [0.1, 0.15) is 18.1 Å². The standard InChI is InChI=1S/C10H10O2S/c1-7-3-4-10-9(5-7)6-8(2)13(10,11)12/h3-6H,1-2H3. The summed E-state index contributed by atoms with van der Waals surface area (Å²) in [7, 11) is -3.14. The highest BCUT2D eigenvalue weighted by Gasteiger charge is 2.25. The first-order valence-corrected chi connectivity index (χ1v) is 5.54. The number of aryl methyl sites for hydroxylation is 1. The fraction of sp³-hybridized carbons (Fsp3) is 0.200. The summed E-state index contributed by atoms with van der Waals surface area (Å²) in [6.45, 7) is 3.58. The lowest BCUT2D eigenvalue weighted by Crippen LogP contribution is -1.97. The molecule has 1 aliphatic rings. The van der Waals surface area contributed by atoms with E-state index in [2.05, 4.69) is 0 Å². The molecule has 68 valence electrons. The fourth-order valence-corrected chi connectivity index (χ4v) is 2.80. The average molecular weight is 194 g/mol. The molecule has 13 heavy (non-hydrogen) atoms. The topological polar surface area (TPSA) is 34.1 Å². The molecule has 0 saturated carbocycles. The van der Waals surface area contributed by atoms with E-state index >= 15 is 0 Å². The first kappa shape index (κ1) is 8.51. The van der Waals surface area contributed by atoms with Gasteiger partial charge in [-0.05, 0) is 31.6 Å². The summed E-state index contributed by atoms with van der Waals surface area (Å²) >= 11 is 0. The molecular weight excluding hydrogens is 184 g/mol. The van der Waals surface area contributed by atoms with Crippen molar-refractivity contribution in [1.82, 2.24) is 0 Å². The molecular formula is C10H10O2S. The monoisotopic (exact) mass is 194 g/mol. The molecule has 0 aromatic heterocycles. The first-order valence-electron chi connectivity index (χ1n) is 4.06. The maximum Gasteiger partial charge on any atom is 0.203 e. The van der Waals surface area contributed by atoms with Gasteiger partial charge in [0.25, 0.3) is 0 Å². The van der Waals surface area contributed by atoms with Gasteiger partial charge in [0, 0.05) is 4.91 Å². The highest BCUT2D eigenvalue weighted by molar-refractivity contribution is 7.95. The number of hydrogen-bond acceptors (Lipinski definition) is 2. The van der Waals surface area contributed by atoms with E-state index in [4.69, 9.17) is 0 Å². The maximum atomic E-state index is 11.6. The number of fused-ring (bicyclic) bond motifs is 1. The Morgan fingerprint density at radius 2 is 1.85 bits per heavy atom. The van der Waals surface area contributed by atoms with Crippen LogP contribution in [0.4, 0.5) is 0 Å². The first-order chi connectivity index (χ1) is 6.01. The molecule has 0 atom stereocenters. The quantitative estimate of drug-likeness (QED) is 0.634. The molecule has 0 radical (unpaired) electrons. The molecule has 2 nitrogen and oxygen atoms in total. The smallest absolute Gasteiger partial charge is 0.203 e. The molecule has 0 saturated heterocycles. The maximum absolute atomic E-state index is 11.6. The van der Waals surface area contributed by atoms with E-state index in [9.17, 15) is 8.42 Å². The minimum Gasteiger partial charge on any atom is -0.219 e. The minimum atomic E-state index is -3.14. The Morgan fingerprint density at radius 1 is 1.15 bits per heavy atom. The Kier molecular flexibility index (Phi) is 1.60. The second-order valence-electron chi connectivity index (χ2n) is 3.30. The van der Waals surface area contributed by atoms with Crippen LogP contribution in [0.2, 0.25) is 0 Å². The summed E-state index contributed by atoms with van der Waals surface area (Å²) in [6.07, 6.45) is 1.72. The Balaban J connectivity index is 2.80. The second-order valence-corrected chi connectivity index (χ2v) is 5.39. The third kappa shape index (κ3) is 1.11. The van der Waals surface area contributed by atoms with Crippen LogP contribution in [0.3, 0.4) is 0 Å². The average Bonchev–Trinajstić information content (AvgIpc) is 2.23. The SMILES string of the molecule is CC1=Cc2cc(C)ccc2S1(=O)=O. The molecule has 0 bridgehead atoms. The highest BCUT2D eigenvalue weighted by atomic mass is 32.2. The van der Waals surface area contributed by atoms with Gasteiger partial charge in [0.1, 0.15) is 0 Å². The summed E-state index contributed by atoms with van der Waals surface area (Å²) in [5.41, 5.74) is 1.90. The van der Waals surface area contributed by atoms with Crippen LogP contribution < -0.4 is 0 Å². The normalized spacial score (nSPS) is 18.2. The Morgan fingerprint density at radius 3 is 2.54 bits per heavy atom. The van der Waals surface area contributed by atoms with Crippen LogP contribution in [0.15, 0.2) is 28.0 Å². The van der Waals surface area contributed by atoms with Crippen molar-refractivity contribution in [3.63, 3.8) is 0 Å². The molecule has 1 aromatic rings. The highest BCUT2D eigenvalue weighted by Crippen LogP contribution is 2.32. The van der Waals surface area contributed by atoms with Gasteiger partial charge in [-0.15, -0.1) is 0 Å². The van der Waals surface area contributed by atoms with Crippen LogP contribution >= 0.6 is 0 Å². The van der Waals surface area contributed by atoms with Gasteiger partial charge in [-0.1, -0.05) is 17.7 Å². The Labute approximate surface area is 77.8 Å². The second kappa shape index (κ2) is 2.45. The van der Waals surface area contributed by atoms with Crippen molar-refractivity contribution in [2.75, 3.05) is 0 Å². The van der Waals surface area contributed by atoms with Gasteiger partial charge in [-0.2, -0.15) is 0 Å². The molecule has 1 aliphatic heterocycles. The van der Waals surface area contributed by atoms with Crippen molar-refractivity contribution >= 4 is 15.9 Å². The summed E-state index contributed by atoms with van der Waals surface area (Å²) in [4.78, 5) is 0.878. The van der Waals surface area contributed by atoms with Gasteiger partial charge in [-0.25, -0.2) is 8.42 Å². The van der Waals surface area contributed by atoms with Crippen molar-refractivity contribution in [1.29, 1.82) is 0 Å². The van der Waals surface area contributed by atoms with Crippen molar-refractivity contribution in [2.45, 2.75) is 18.7 Å². The number of sulfone groups is 1. The predicted octanol–water partition coefficient (Wildman–Crippen LogP) is 2.14. The molecule has 3 heteroatoms. The molecule has 0 amide bonds. The van der Waals surface area contributed by atoms with Crippen molar-refractivity contribution in [2.24, 2.45) is 0 Å². The molecule has 0 fully saturated rings. The van der Waals surface area contributed by atoms with Gasteiger partial charge in [0.15, 0.2) is 0 Å². The summed E-state index contributed by atoms with van der Waals surface area (Å²) < 4.78 is 23.3. The molecule has 0 unspecified atom stereocenters.